The number of hydrogen-bond acceptors (Lipinski definition) is 4. The zero-order valence-electron chi connectivity index (χ0n) is 9.03. The van der Waals surface area contributed by atoms with Crippen molar-refractivity contribution in [3.63, 3.8) is 0 Å². The minimum atomic E-state index is 0.411. The predicted molar refractivity (Wildman–Crippen MR) is 65.2 cm³/mol. The number of hydrogen-bond donors (Lipinski definition) is 0. The van der Waals surface area contributed by atoms with E-state index < -0.39 is 0 Å². The summed E-state index contributed by atoms with van der Waals surface area (Å²) in [6.07, 6.45) is 0. The summed E-state index contributed by atoms with van der Waals surface area (Å²) in [6, 6.07) is 5.99. The van der Waals surface area contributed by atoms with E-state index in [9.17, 15) is 0 Å². The van der Waals surface area contributed by atoms with Gasteiger partial charge in [0.05, 0.1) is 0 Å². The quantitative estimate of drug-likeness (QED) is 0.842. The van der Waals surface area contributed by atoms with Crippen LogP contribution in [0.5, 0.6) is 5.75 Å². The first-order valence-electron chi connectivity index (χ1n) is 4.83. The minimum absolute atomic E-state index is 0.411. The van der Waals surface area contributed by atoms with Crippen molar-refractivity contribution in [3.05, 3.63) is 38.8 Å². The maximum Gasteiger partial charge on any atom is 0.207 e. The molecule has 0 bridgehead atoms. The molecule has 0 aliphatic carbocycles. The Morgan fingerprint density at radius 2 is 2.12 bits per heavy atom. The van der Waals surface area contributed by atoms with Gasteiger partial charge in [0.15, 0.2) is 5.01 Å². The summed E-state index contributed by atoms with van der Waals surface area (Å²) in [4.78, 5) is 0. The molecule has 0 amide bonds. The summed E-state index contributed by atoms with van der Waals surface area (Å²) in [6.45, 7) is 4.51. The fourth-order valence-electron chi connectivity index (χ4n) is 1.31. The van der Waals surface area contributed by atoms with E-state index in [4.69, 9.17) is 16.3 Å². The molecular formula is C11H11ClN2OS. The number of benzene rings is 1. The van der Waals surface area contributed by atoms with Crippen LogP contribution in [0, 0.1) is 13.8 Å². The largest absolute Gasteiger partial charge is 0.486 e. The first-order valence-corrected chi connectivity index (χ1v) is 6.03. The van der Waals surface area contributed by atoms with E-state index in [0.29, 0.717) is 11.1 Å². The SMILES string of the molecule is Cc1cccc(OCc2nnc(Cl)s2)c1C. The van der Waals surface area contributed by atoms with Crippen LogP contribution in [0.3, 0.4) is 0 Å². The van der Waals surface area contributed by atoms with Gasteiger partial charge in [-0.1, -0.05) is 23.5 Å². The maximum atomic E-state index is 5.69. The lowest BCUT2D eigenvalue weighted by molar-refractivity contribution is 0.302. The Morgan fingerprint density at radius 3 is 2.81 bits per heavy atom. The molecule has 84 valence electrons. The molecule has 1 heterocycles. The van der Waals surface area contributed by atoms with Gasteiger partial charge in [0.2, 0.25) is 4.47 Å². The lowest BCUT2D eigenvalue weighted by Crippen LogP contribution is -1.97. The third kappa shape index (κ3) is 2.51. The van der Waals surface area contributed by atoms with Crippen molar-refractivity contribution in [3.8, 4) is 5.75 Å². The van der Waals surface area contributed by atoms with Crippen LogP contribution in [0.2, 0.25) is 4.47 Å². The molecular weight excluding hydrogens is 244 g/mol. The molecule has 0 fully saturated rings. The van der Waals surface area contributed by atoms with E-state index in [1.54, 1.807) is 0 Å². The fourth-order valence-corrected chi connectivity index (χ4v) is 2.09. The number of aromatic nitrogens is 2. The van der Waals surface area contributed by atoms with Gasteiger partial charge >= 0.3 is 0 Å². The van der Waals surface area contributed by atoms with E-state index in [0.717, 1.165) is 16.3 Å². The highest BCUT2D eigenvalue weighted by molar-refractivity contribution is 7.15. The van der Waals surface area contributed by atoms with Gasteiger partial charge in [-0.3, -0.25) is 0 Å². The minimum Gasteiger partial charge on any atom is -0.486 e. The summed E-state index contributed by atoms with van der Waals surface area (Å²) in [7, 11) is 0. The van der Waals surface area contributed by atoms with Crippen molar-refractivity contribution >= 4 is 22.9 Å². The van der Waals surface area contributed by atoms with Gasteiger partial charge in [-0.05, 0) is 42.6 Å². The zero-order chi connectivity index (χ0) is 11.5. The van der Waals surface area contributed by atoms with Crippen LogP contribution < -0.4 is 4.74 Å². The van der Waals surface area contributed by atoms with E-state index >= 15 is 0 Å². The van der Waals surface area contributed by atoms with Gasteiger partial charge in [-0.25, -0.2) is 0 Å². The second kappa shape index (κ2) is 4.80. The number of aryl methyl sites for hydroxylation is 1. The number of nitrogens with zero attached hydrogens (tertiary/aromatic N) is 2. The van der Waals surface area contributed by atoms with Crippen LogP contribution in [-0.4, -0.2) is 10.2 Å². The Hall–Kier alpha value is -1.13. The summed E-state index contributed by atoms with van der Waals surface area (Å²) in [5.74, 6) is 0.881. The molecule has 0 saturated heterocycles. The molecule has 1 aromatic carbocycles. The van der Waals surface area contributed by atoms with Gasteiger partial charge < -0.3 is 4.74 Å². The van der Waals surface area contributed by atoms with Crippen LogP contribution >= 0.6 is 22.9 Å². The Kier molecular flexibility index (Phi) is 3.41. The van der Waals surface area contributed by atoms with Gasteiger partial charge in [-0.2, -0.15) is 0 Å². The van der Waals surface area contributed by atoms with E-state index in [1.165, 1.54) is 16.9 Å². The Morgan fingerprint density at radius 1 is 1.31 bits per heavy atom. The summed E-state index contributed by atoms with van der Waals surface area (Å²) >= 11 is 7.02. The molecule has 0 aliphatic heterocycles. The van der Waals surface area contributed by atoms with Crippen molar-refractivity contribution < 1.29 is 4.74 Å². The average molecular weight is 255 g/mol. The van der Waals surface area contributed by atoms with Gasteiger partial charge in [0.1, 0.15) is 12.4 Å². The molecule has 0 radical (unpaired) electrons. The smallest absolute Gasteiger partial charge is 0.207 e. The zero-order valence-corrected chi connectivity index (χ0v) is 10.6. The Bertz CT molecular complexity index is 498. The van der Waals surface area contributed by atoms with Crippen molar-refractivity contribution in [1.29, 1.82) is 0 Å². The van der Waals surface area contributed by atoms with E-state index in [2.05, 4.69) is 23.2 Å². The second-order valence-corrected chi connectivity index (χ2v) is 5.08. The molecule has 2 aromatic rings. The molecule has 0 aliphatic rings. The predicted octanol–water partition coefficient (Wildman–Crippen LogP) is 3.39. The van der Waals surface area contributed by atoms with Crippen LogP contribution in [-0.2, 0) is 6.61 Å². The van der Waals surface area contributed by atoms with Crippen molar-refractivity contribution in [2.75, 3.05) is 0 Å². The number of halogens is 1. The lowest BCUT2D eigenvalue weighted by Gasteiger charge is -2.08. The molecule has 2 rings (SSSR count). The molecule has 0 atom stereocenters. The molecule has 16 heavy (non-hydrogen) atoms. The summed E-state index contributed by atoms with van der Waals surface area (Å²) < 4.78 is 6.11. The first kappa shape index (κ1) is 11.4. The standard InChI is InChI=1S/C11H11ClN2OS/c1-7-4-3-5-9(8(7)2)15-6-10-13-14-11(12)16-10/h3-5H,6H2,1-2H3. The van der Waals surface area contributed by atoms with Gasteiger partial charge in [-0.15, -0.1) is 10.2 Å². The third-order valence-corrected chi connectivity index (χ3v) is 3.34. The summed E-state index contributed by atoms with van der Waals surface area (Å²) in [5, 5.41) is 8.40. The van der Waals surface area contributed by atoms with Crippen molar-refractivity contribution in [2.45, 2.75) is 20.5 Å². The Labute approximate surface area is 103 Å². The van der Waals surface area contributed by atoms with E-state index in [-0.39, 0.29) is 0 Å². The first-order chi connectivity index (χ1) is 7.66. The average Bonchev–Trinajstić information content (AvgIpc) is 2.67. The van der Waals surface area contributed by atoms with Gasteiger partial charge in [0, 0.05) is 0 Å². The number of ether oxygens (including phenoxy) is 1. The maximum absolute atomic E-state index is 5.69. The molecule has 0 spiro atoms. The van der Waals surface area contributed by atoms with Crippen molar-refractivity contribution in [2.24, 2.45) is 0 Å². The van der Waals surface area contributed by atoms with Gasteiger partial charge in [0.25, 0.3) is 0 Å². The highest BCUT2D eigenvalue weighted by atomic mass is 35.5. The molecule has 1 aromatic heterocycles. The van der Waals surface area contributed by atoms with E-state index in [1.807, 2.05) is 19.1 Å². The molecule has 3 nitrogen and oxygen atoms in total. The monoisotopic (exact) mass is 254 g/mol. The molecule has 0 saturated carbocycles. The van der Waals surface area contributed by atoms with Crippen LogP contribution in [0.1, 0.15) is 16.1 Å². The van der Waals surface area contributed by atoms with Crippen molar-refractivity contribution in [1.82, 2.24) is 10.2 Å². The second-order valence-electron chi connectivity index (χ2n) is 3.44. The molecule has 0 unspecified atom stereocenters. The molecule has 0 N–H and O–H groups in total. The highest BCUT2D eigenvalue weighted by Crippen LogP contribution is 2.22. The van der Waals surface area contributed by atoms with Crippen LogP contribution in [0.4, 0.5) is 0 Å². The van der Waals surface area contributed by atoms with Crippen LogP contribution in [0.25, 0.3) is 0 Å². The Balaban J connectivity index is 2.07. The normalized spacial score (nSPS) is 10.4. The molecule has 5 heteroatoms. The topological polar surface area (TPSA) is 35.0 Å². The summed E-state index contributed by atoms with van der Waals surface area (Å²) in [5.41, 5.74) is 2.37. The lowest BCUT2D eigenvalue weighted by atomic mass is 10.1. The third-order valence-electron chi connectivity index (χ3n) is 2.35. The highest BCUT2D eigenvalue weighted by Gasteiger charge is 2.05. The fraction of sp³-hybridized carbons (Fsp3) is 0.273. The number of rotatable bonds is 3. The van der Waals surface area contributed by atoms with Crippen LogP contribution in [0.15, 0.2) is 18.2 Å².